The number of nitrogens with one attached hydrogen (secondary N) is 1. The van der Waals surface area contributed by atoms with Crippen molar-refractivity contribution in [3.8, 4) is 5.75 Å². The molecule has 30 heavy (non-hydrogen) atoms. The summed E-state index contributed by atoms with van der Waals surface area (Å²) < 4.78 is 12.1. The third kappa shape index (κ3) is 5.13. The highest BCUT2D eigenvalue weighted by molar-refractivity contribution is 8.01. The van der Waals surface area contributed by atoms with Crippen LogP contribution in [0, 0.1) is 0 Å². The summed E-state index contributed by atoms with van der Waals surface area (Å²) in [5.74, 6) is -0.0607. The first-order valence-electron chi connectivity index (χ1n) is 8.83. The average molecular weight is 438 g/mol. The Morgan fingerprint density at radius 1 is 1.13 bits per heavy atom. The van der Waals surface area contributed by atoms with E-state index in [1.54, 1.807) is 41.7 Å². The fourth-order valence-corrected chi connectivity index (χ4v) is 4.29. The minimum atomic E-state index is -0.570. The van der Waals surface area contributed by atoms with Crippen LogP contribution in [0.15, 0.2) is 80.8 Å². The predicted octanol–water partition coefficient (Wildman–Crippen LogP) is 4.35. The SMILES string of the molecule is O=C(CSc1nc2ccccc2s1)N/N=C\c1ccc(OC(=O)c2ccco2)cc1. The number of benzene rings is 2. The van der Waals surface area contributed by atoms with Crippen LogP contribution in [0.4, 0.5) is 0 Å². The molecule has 150 valence electrons. The van der Waals surface area contributed by atoms with Crippen molar-refractivity contribution in [3.05, 3.63) is 78.3 Å². The van der Waals surface area contributed by atoms with Crippen molar-refractivity contribution in [2.75, 3.05) is 5.75 Å². The Labute approximate surface area is 179 Å². The van der Waals surface area contributed by atoms with E-state index in [-0.39, 0.29) is 17.4 Å². The highest BCUT2D eigenvalue weighted by Crippen LogP contribution is 2.29. The number of thioether (sulfide) groups is 1. The van der Waals surface area contributed by atoms with Crippen LogP contribution in [0.2, 0.25) is 0 Å². The van der Waals surface area contributed by atoms with Crippen molar-refractivity contribution in [1.29, 1.82) is 0 Å². The molecule has 0 unspecified atom stereocenters. The Balaban J connectivity index is 1.24. The summed E-state index contributed by atoms with van der Waals surface area (Å²) in [4.78, 5) is 28.3. The monoisotopic (exact) mass is 437 g/mol. The van der Waals surface area contributed by atoms with Gasteiger partial charge in [-0.05, 0) is 54.1 Å². The Hall–Kier alpha value is -3.43. The molecule has 0 atom stereocenters. The molecule has 4 aromatic rings. The normalized spacial score (nSPS) is 11.1. The summed E-state index contributed by atoms with van der Waals surface area (Å²) in [6.07, 6.45) is 2.92. The van der Waals surface area contributed by atoms with E-state index in [1.807, 2.05) is 24.3 Å². The first kappa shape index (κ1) is 19.9. The molecule has 2 heterocycles. The quantitative estimate of drug-likeness (QED) is 0.152. The van der Waals surface area contributed by atoms with Gasteiger partial charge in [0.05, 0.1) is 28.4 Å². The number of thiazole rings is 1. The van der Waals surface area contributed by atoms with E-state index in [2.05, 4.69) is 15.5 Å². The Morgan fingerprint density at radius 3 is 2.73 bits per heavy atom. The largest absolute Gasteiger partial charge is 0.457 e. The fraction of sp³-hybridized carbons (Fsp3) is 0.0476. The third-order valence-electron chi connectivity index (χ3n) is 3.82. The van der Waals surface area contributed by atoms with Crippen molar-refractivity contribution < 1.29 is 18.7 Å². The first-order chi connectivity index (χ1) is 14.7. The lowest BCUT2D eigenvalue weighted by Crippen LogP contribution is -2.19. The number of hydrogen-bond acceptors (Lipinski definition) is 8. The second-order valence-electron chi connectivity index (χ2n) is 5.97. The van der Waals surface area contributed by atoms with Gasteiger partial charge in [0.1, 0.15) is 5.75 Å². The van der Waals surface area contributed by atoms with E-state index < -0.39 is 5.97 Å². The lowest BCUT2D eigenvalue weighted by atomic mass is 10.2. The number of hydrogen-bond donors (Lipinski definition) is 1. The number of esters is 1. The van der Waals surface area contributed by atoms with Crippen LogP contribution in [0.1, 0.15) is 16.1 Å². The van der Waals surface area contributed by atoms with E-state index in [1.165, 1.54) is 30.3 Å². The van der Waals surface area contributed by atoms with E-state index in [9.17, 15) is 9.59 Å². The molecule has 4 rings (SSSR count). The number of carbonyl (C=O) groups is 2. The number of fused-ring (bicyclic) bond motifs is 1. The average Bonchev–Trinajstić information content (AvgIpc) is 3.43. The van der Waals surface area contributed by atoms with E-state index >= 15 is 0 Å². The van der Waals surface area contributed by atoms with E-state index in [4.69, 9.17) is 9.15 Å². The van der Waals surface area contributed by atoms with Crippen LogP contribution in [0.3, 0.4) is 0 Å². The van der Waals surface area contributed by atoms with Crippen molar-refractivity contribution >= 4 is 51.4 Å². The molecule has 0 saturated heterocycles. The number of aromatic nitrogens is 1. The predicted molar refractivity (Wildman–Crippen MR) is 116 cm³/mol. The molecule has 0 aliphatic heterocycles. The highest BCUT2D eigenvalue weighted by Gasteiger charge is 2.11. The van der Waals surface area contributed by atoms with Crippen LogP contribution in [-0.2, 0) is 4.79 Å². The van der Waals surface area contributed by atoms with Crippen molar-refractivity contribution in [1.82, 2.24) is 10.4 Å². The maximum absolute atomic E-state index is 12.0. The molecule has 0 aliphatic carbocycles. The molecular formula is C21H15N3O4S2. The Kier molecular flexibility index (Phi) is 6.21. The van der Waals surface area contributed by atoms with Gasteiger partial charge >= 0.3 is 5.97 Å². The summed E-state index contributed by atoms with van der Waals surface area (Å²) in [5.41, 5.74) is 4.16. The number of para-hydroxylation sites is 1. The van der Waals surface area contributed by atoms with Gasteiger partial charge in [-0.15, -0.1) is 11.3 Å². The minimum absolute atomic E-state index is 0.132. The number of furan rings is 1. The molecule has 0 saturated carbocycles. The van der Waals surface area contributed by atoms with Gasteiger partial charge in [0, 0.05) is 0 Å². The molecule has 0 aliphatic rings. The summed E-state index contributed by atoms with van der Waals surface area (Å²) >= 11 is 2.93. The minimum Gasteiger partial charge on any atom is -0.457 e. The summed E-state index contributed by atoms with van der Waals surface area (Å²) in [5, 5.41) is 3.95. The van der Waals surface area contributed by atoms with Crippen molar-refractivity contribution in [3.63, 3.8) is 0 Å². The van der Waals surface area contributed by atoms with Crippen molar-refractivity contribution in [2.45, 2.75) is 4.34 Å². The molecule has 7 nitrogen and oxygen atoms in total. The Morgan fingerprint density at radius 2 is 1.97 bits per heavy atom. The topological polar surface area (TPSA) is 93.8 Å². The number of hydrazone groups is 1. The maximum Gasteiger partial charge on any atom is 0.379 e. The second-order valence-corrected chi connectivity index (χ2v) is 8.22. The lowest BCUT2D eigenvalue weighted by Gasteiger charge is -2.02. The van der Waals surface area contributed by atoms with Gasteiger partial charge in [-0.2, -0.15) is 5.10 Å². The molecule has 0 spiro atoms. The van der Waals surface area contributed by atoms with Crippen LogP contribution in [0.25, 0.3) is 10.2 Å². The molecule has 2 aromatic carbocycles. The van der Waals surface area contributed by atoms with Crippen LogP contribution in [-0.4, -0.2) is 28.8 Å². The zero-order valence-electron chi connectivity index (χ0n) is 15.5. The first-order valence-corrected chi connectivity index (χ1v) is 10.6. The van der Waals surface area contributed by atoms with Gasteiger partial charge in [0.25, 0.3) is 5.91 Å². The van der Waals surface area contributed by atoms with Gasteiger partial charge in [-0.3, -0.25) is 4.79 Å². The van der Waals surface area contributed by atoms with Crippen LogP contribution in [0.5, 0.6) is 5.75 Å². The molecular weight excluding hydrogens is 422 g/mol. The second kappa shape index (κ2) is 9.38. The number of ether oxygens (including phenoxy) is 1. The fourth-order valence-electron chi connectivity index (χ4n) is 2.43. The molecule has 0 bridgehead atoms. The van der Waals surface area contributed by atoms with E-state index in [0.717, 1.165) is 20.1 Å². The highest BCUT2D eigenvalue weighted by atomic mass is 32.2. The lowest BCUT2D eigenvalue weighted by molar-refractivity contribution is -0.118. The van der Waals surface area contributed by atoms with E-state index in [0.29, 0.717) is 5.75 Å². The summed E-state index contributed by atoms with van der Waals surface area (Å²) in [6, 6.07) is 17.7. The smallest absolute Gasteiger partial charge is 0.379 e. The standard InChI is InChI=1S/C21H15N3O4S2/c25-19(13-29-21-23-16-4-1-2-6-18(16)30-21)24-22-12-14-7-9-15(10-8-14)28-20(26)17-5-3-11-27-17/h1-12H,13H2,(H,24,25)/b22-12-. The van der Waals surface area contributed by atoms with Crippen LogP contribution < -0.4 is 10.2 Å². The zero-order chi connectivity index (χ0) is 20.8. The number of rotatable bonds is 7. The summed E-state index contributed by atoms with van der Waals surface area (Å²) in [6.45, 7) is 0. The van der Waals surface area contributed by atoms with Gasteiger partial charge in [0.2, 0.25) is 5.76 Å². The van der Waals surface area contributed by atoms with Crippen molar-refractivity contribution in [2.24, 2.45) is 5.10 Å². The third-order valence-corrected chi connectivity index (χ3v) is 6.00. The summed E-state index contributed by atoms with van der Waals surface area (Å²) in [7, 11) is 0. The number of amides is 1. The van der Waals surface area contributed by atoms with Gasteiger partial charge in [-0.25, -0.2) is 15.2 Å². The van der Waals surface area contributed by atoms with Gasteiger partial charge in [0.15, 0.2) is 4.34 Å². The van der Waals surface area contributed by atoms with Crippen LogP contribution >= 0.6 is 23.1 Å². The Bertz CT molecular complexity index is 1150. The zero-order valence-corrected chi connectivity index (χ0v) is 17.1. The molecule has 1 N–H and O–H groups in total. The number of carbonyl (C=O) groups excluding carboxylic acids is 2. The molecule has 1 amide bonds. The van der Waals surface area contributed by atoms with Gasteiger partial charge in [-0.1, -0.05) is 23.9 Å². The molecule has 0 radical (unpaired) electrons. The van der Waals surface area contributed by atoms with Gasteiger partial charge < -0.3 is 9.15 Å². The molecule has 9 heteroatoms. The number of nitrogens with zero attached hydrogens (tertiary/aromatic N) is 2. The maximum atomic E-state index is 12.0. The molecule has 2 aromatic heterocycles. The molecule has 0 fully saturated rings.